The summed E-state index contributed by atoms with van der Waals surface area (Å²) in [6, 6.07) is 9.15. The number of ether oxygens (including phenoxy) is 3. The summed E-state index contributed by atoms with van der Waals surface area (Å²) in [5.74, 6) is 0.715. The van der Waals surface area contributed by atoms with Gasteiger partial charge in [-0.3, -0.25) is 4.79 Å². The molecule has 1 amide bonds. The topological polar surface area (TPSA) is 56.8 Å². The first-order chi connectivity index (χ1) is 12.9. The fourth-order valence-corrected chi connectivity index (χ4v) is 2.83. The summed E-state index contributed by atoms with van der Waals surface area (Å²) in [5, 5.41) is 2.86. The van der Waals surface area contributed by atoms with Crippen LogP contribution < -0.4 is 19.5 Å². The van der Waals surface area contributed by atoms with Crippen LogP contribution in [0.25, 0.3) is 0 Å². The van der Waals surface area contributed by atoms with Crippen LogP contribution in [0.15, 0.2) is 36.4 Å². The Bertz CT molecular complexity index is 770. The number of rotatable bonds is 8. The van der Waals surface area contributed by atoms with Gasteiger partial charge in [0.15, 0.2) is 0 Å². The van der Waals surface area contributed by atoms with Gasteiger partial charge in [-0.05, 0) is 31.5 Å². The van der Waals surface area contributed by atoms with E-state index in [9.17, 15) is 13.6 Å². The number of para-hydroxylation sites is 1. The van der Waals surface area contributed by atoms with Gasteiger partial charge in [-0.15, -0.1) is 0 Å². The number of amides is 1. The standard InChI is InChI=1S/C20H23F2NO4/c1-5-15(14-8-6-7-9-16(14)27-20(21)22)23-19(24)13-10-17(25-3)12(2)18(11-13)26-4/h6-11,15,20H,5H2,1-4H3,(H,23,24). The van der Waals surface area contributed by atoms with E-state index < -0.39 is 12.7 Å². The van der Waals surface area contributed by atoms with Crippen LogP contribution in [0.4, 0.5) is 8.78 Å². The summed E-state index contributed by atoms with van der Waals surface area (Å²) in [4.78, 5) is 12.8. The Balaban J connectivity index is 2.31. The zero-order valence-electron chi connectivity index (χ0n) is 15.7. The molecule has 0 bridgehead atoms. The third-order valence-corrected chi connectivity index (χ3v) is 4.24. The maximum absolute atomic E-state index is 12.8. The number of methoxy groups -OCH3 is 2. The predicted molar refractivity (Wildman–Crippen MR) is 97.9 cm³/mol. The van der Waals surface area contributed by atoms with Crippen LogP contribution in [0.2, 0.25) is 0 Å². The van der Waals surface area contributed by atoms with Gasteiger partial charge < -0.3 is 19.5 Å². The van der Waals surface area contributed by atoms with Crippen molar-refractivity contribution in [2.45, 2.75) is 32.9 Å². The lowest BCUT2D eigenvalue weighted by molar-refractivity contribution is -0.0506. The Morgan fingerprint density at radius 3 is 2.19 bits per heavy atom. The SMILES string of the molecule is CCC(NC(=O)c1cc(OC)c(C)c(OC)c1)c1ccccc1OC(F)F. The van der Waals surface area contributed by atoms with Crippen molar-refractivity contribution >= 4 is 5.91 Å². The number of carbonyl (C=O) groups is 1. The molecule has 1 unspecified atom stereocenters. The molecule has 146 valence electrons. The van der Waals surface area contributed by atoms with Gasteiger partial charge >= 0.3 is 6.61 Å². The molecule has 1 atom stereocenters. The molecule has 2 aromatic carbocycles. The Labute approximate surface area is 157 Å². The molecule has 0 aliphatic carbocycles. The average Bonchev–Trinajstić information content (AvgIpc) is 2.66. The number of halogens is 2. The minimum atomic E-state index is -2.94. The molecule has 1 N–H and O–H groups in total. The Hall–Kier alpha value is -2.83. The van der Waals surface area contributed by atoms with Gasteiger partial charge in [-0.25, -0.2) is 0 Å². The van der Waals surface area contributed by atoms with Crippen molar-refractivity contribution in [3.63, 3.8) is 0 Å². The minimum Gasteiger partial charge on any atom is -0.496 e. The van der Waals surface area contributed by atoms with E-state index in [1.807, 2.05) is 13.8 Å². The van der Waals surface area contributed by atoms with Crippen molar-refractivity contribution in [2.75, 3.05) is 14.2 Å². The van der Waals surface area contributed by atoms with Crippen LogP contribution in [0.5, 0.6) is 17.2 Å². The van der Waals surface area contributed by atoms with Crippen LogP contribution in [0, 0.1) is 6.92 Å². The highest BCUT2D eigenvalue weighted by Crippen LogP contribution is 2.31. The average molecular weight is 379 g/mol. The molecule has 27 heavy (non-hydrogen) atoms. The van der Waals surface area contributed by atoms with E-state index in [0.717, 1.165) is 5.56 Å². The zero-order chi connectivity index (χ0) is 20.0. The zero-order valence-corrected chi connectivity index (χ0v) is 15.7. The number of alkyl halides is 2. The molecule has 0 radical (unpaired) electrons. The molecule has 0 saturated heterocycles. The summed E-state index contributed by atoms with van der Waals surface area (Å²) in [5.41, 5.74) is 1.61. The summed E-state index contributed by atoms with van der Waals surface area (Å²) in [6.07, 6.45) is 0.496. The van der Waals surface area contributed by atoms with E-state index in [-0.39, 0.29) is 11.7 Å². The van der Waals surface area contributed by atoms with E-state index in [2.05, 4.69) is 10.1 Å². The number of benzene rings is 2. The third kappa shape index (κ3) is 4.87. The van der Waals surface area contributed by atoms with Gasteiger partial charge in [0.2, 0.25) is 0 Å². The lowest BCUT2D eigenvalue weighted by Gasteiger charge is -2.21. The molecule has 0 fully saturated rings. The van der Waals surface area contributed by atoms with Crippen molar-refractivity contribution in [3.8, 4) is 17.2 Å². The van der Waals surface area contributed by atoms with Crippen LogP contribution in [-0.2, 0) is 0 Å². The normalized spacial score (nSPS) is 11.8. The quantitative estimate of drug-likeness (QED) is 0.734. The fourth-order valence-electron chi connectivity index (χ4n) is 2.83. The second-order valence-corrected chi connectivity index (χ2v) is 5.86. The molecule has 2 aromatic rings. The summed E-state index contributed by atoms with van der Waals surface area (Å²) < 4.78 is 40.5. The van der Waals surface area contributed by atoms with Crippen molar-refractivity contribution in [1.29, 1.82) is 0 Å². The lowest BCUT2D eigenvalue weighted by atomic mass is 10.0. The van der Waals surface area contributed by atoms with Gasteiger partial charge in [0.1, 0.15) is 17.2 Å². The molecular weight excluding hydrogens is 356 g/mol. The highest BCUT2D eigenvalue weighted by Gasteiger charge is 2.21. The molecule has 0 saturated carbocycles. The van der Waals surface area contributed by atoms with E-state index in [4.69, 9.17) is 9.47 Å². The van der Waals surface area contributed by atoms with Crippen molar-refractivity contribution < 1.29 is 27.8 Å². The maximum atomic E-state index is 12.8. The molecule has 0 aliphatic rings. The lowest BCUT2D eigenvalue weighted by Crippen LogP contribution is -2.28. The minimum absolute atomic E-state index is 0.0405. The Morgan fingerprint density at radius 2 is 1.67 bits per heavy atom. The highest BCUT2D eigenvalue weighted by atomic mass is 19.3. The molecule has 0 aromatic heterocycles. The second kappa shape index (κ2) is 9.21. The van der Waals surface area contributed by atoms with Crippen molar-refractivity contribution in [1.82, 2.24) is 5.32 Å². The molecule has 7 heteroatoms. The predicted octanol–water partition coefficient (Wildman–Crippen LogP) is 4.49. The summed E-state index contributed by atoms with van der Waals surface area (Å²) in [6.45, 7) is 0.733. The first-order valence-corrected chi connectivity index (χ1v) is 8.48. The largest absolute Gasteiger partial charge is 0.496 e. The number of carbonyl (C=O) groups excluding carboxylic acids is 1. The monoisotopic (exact) mass is 379 g/mol. The number of hydrogen-bond acceptors (Lipinski definition) is 4. The smallest absolute Gasteiger partial charge is 0.387 e. The maximum Gasteiger partial charge on any atom is 0.387 e. The van der Waals surface area contributed by atoms with Gasteiger partial charge in [0.05, 0.1) is 20.3 Å². The first-order valence-electron chi connectivity index (χ1n) is 8.48. The van der Waals surface area contributed by atoms with Gasteiger partial charge in [-0.2, -0.15) is 8.78 Å². The van der Waals surface area contributed by atoms with E-state index in [1.165, 1.54) is 20.3 Å². The molecule has 5 nitrogen and oxygen atoms in total. The van der Waals surface area contributed by atoms with E-state index >= 15 is 0 Å². The van der Waals surface area contributed by atoms with Crippen molar-refractivity contribution in [3.05, 3.63) is 53.1 Å². The summed E-state index contributed by atoms with van der Waals surface area (Å²) in [7, 11) is 3.02. The molecule has 0 aliphatic heterocycles. The molecule has 2 rings (SSSR count). The Kier molecular flexibility index (Phi) is 6.98. The van der Waals surface area contributed by atoms with E-state index in [1.54, 1.807) is 30.3 Å². The summed E-state index contributed by atoms with van der Waals surface area (Å²) >= 11 is 0. The van der Waals surface area contributed by atoms with Gasteiger partial charge in [0.25, 0.3) is 5.91 Å². The van der Waals surface area contributed by atoms with E-state index in [0.29, 0.717) is 29.0 Å². The van der Waals surface area contributed by atoms with Crippen LogP contribution in [-0.4, -0.2) is 26.7 Å². The van der Waals surface area contributed by atoms with Crippen molar-refractivity contribution in [2.24, 2.45) is 0 Å². The first kappa shape index (κ1) is 20.5. The van der Waals surface area contributed by atoms with Crippen LogP contribution >= 0.6 is 0 Å². The number of hydrogen-bond donors (Lipinski definition) is 1. The van der Waals surface area contributed by atoms with Gasteiger partial charge in [-0.1, -0.05) is 25.1 Å². The van der Waals surface area contributed by atoms with Gasteiger partial charge in [0, 0.05) is 16.7 Å². The molecule has 0 spiro atoms. The Morgan fingerprint density at radius 1 is 1.07 bits per heavy atom. The fraction of sp³-hybridized carbons (Fsp3) is 0.350. The molecular formula is C20H23F2NO4. The number of nitrogens with one attached hydrogen (secondary N) is 1. The van der Waals surface area contributed by atoms with Crippen LogP contribution in [0.3, 0.4) is 0 Å². The third-order valence-electron chi connectivity index (χ3n) is 4.24. The second-order valence-electron chi connectivity index (χ2n) is 5.86. The highest BCUT2D eigenvalue weighted by molar-refractivity contribution is 5.95. The molecule has 0 heterocycles. The van der Waals surface area contributed by atoms with Crippen LogP contribution in [0.1, 0.15) is 40.9 Å².